The van der Waals surface area contributed by atoms with Gasteiger partial charge in [0, 0.05) is 46.4 Å². The van der Waals surface area contributed by atoms with E-state index < -0.39 is 0 Å². The van der Waals surface area contributed by atoms with Crippen LogP contribution >= 0.6 is 0 Å². The quantitative estimate of drug-likeness (QED) is 0.204. The van der Waals surface area contributed by atoms with E-state index in [0.717, 1.165) is 63.0 Å². The van der Waals surface area contributed by atoms with Crippen molar-refractivity contribution >= 4 is 11.4 Å². The number of hydrogen-bond donors (Lipinski definition) is 4. The molecule has 42 heavy (non-hydrogen) atoms. The SMILES string of the molecule is Fc1ccccc1-c1cccc2c1[C@@H]1CCNCC[C@H]1N2.Fc1ccccc1-c1cccc2c1[C@H]1CCNCC[C@@H]1N2. The van der Waals surface area contributed by atoms with Gasteiger partial charge in [-0.25, -0.2) is 8.78 Å². The first-order valence-electron chi connectivity index (χ1n) is 15.4. The molecule has 4 aliphatic rings. The van der Waals surface area contributed by atoms with Crippen molar-refractivity contribution in [1.82, 2.24) is 10.6 Å². The summed E-state index contributed by atoms with van der Waals surface area (Å²) in [4.78, 5) is 0. The van der Waals surface area contributed by atoms with Gasteiger partial charge in [-0.05, 0) is 98.4 Å². The van der Waals surface area contributed by atoms with Crippen molar-refractivity contribution < 1.29 is 8.78 Å². The number of rotatable bonds is 2. The molecule has 4 nitrogen and oxygen atoms in total. The van der Waals surface area contributed by atoms with Gasteiger partial charge in [0.1, 0.15) is 11.6 Å². The van der Waals surface area contributed by atoms with Gasteiger partial charge in [0.05, 0.1) is 0 Å². The van der Waals surface area contributed by atoms with Gasteiger partial charge in [-0.2, -0.15) is 0 Å². The lowest BCUT2D eigenvalue weighted by Crippen LogP contribution is -2.21. The zero-order chi connectivity index (χ0) is 28.5. The van der Waals surface area contributed by atoms with Crippen molar-refractivity contribution in [2.45, 2.75) is 49.6 Å². The third kappa shape index (κ3) is 5.07. The van der Waals surface area contributed by atoms with Crippen molar-refractivity contribution in [3.8, 4) is 22.3 Å². The van der Waals surface area contributed by atoms with E-state index in [1.54, 1.807) is 24.3 Å². The summed E-state index contributed by atoms with van der Waals surface area (Å²) in [7, 11) is 0. The van der Waals surface area contributed by atoms with E-state index in [2.05, 4.69) is 45.5 Å². The van der Waals surface area contributed by atoms with Crippen LogP contribution < -0.4 is 21.3 Å². The molecule has 6 heteroatoms. The van der Waals surface area contributed by atoms with Crippen LogP contribution in [-0.4, -0.2) is 38.3 Å². The van der Waals surface area contributed by atoms with Crippen LogP contribution in [0, 0.1) is 11.6 Å². The van der Waals surface area contributed by atoms with Gasteiger partial charge in [0.15, 0.2) is 0 Å². The maximum atomic E-state index is 14.2. The smallest absolute Gasteiger partial charge is 0.131 e. The molecule has 4 aromatic carbocycles. The number of hydrogen-bond acceptors (Lipinski definition) is 4. The molecule has 0 unspecified atom stereocenters. The second-order valence-electron chi connectivity index (χ2n) is 11.9. The van der Waals surface area contributed by atoms with Gasteiger partial charge >= 0.3 is 0 Å². The fourth-order valence-corrected chi connectivity index (χ4v) is 7.53. The van der Waals surface area contributed by atoms with Crippen molar-refractivity contribution in [3.05, 3.63) is 108 Å². The first-order chi connectivity index (χ1) is 20.7. The Bertz CT molecular complexity index is 1450. The summed E-state index contributed by atoms with van der Waals surface area (Å²) in [6, 6.07) is 27.5. The summed E-state index contributed by atoms with van der Waals surface area (Å²) in [6.45, 7) is 4.18. The highest BCUT2D eigenvalue weighted by Gasteiger charge is 2.36. The molecular weight excluding hydrogens is 526 g/mol. The standard InChI is InChI=1S/2C18H19FN2/c2*19-15-6-2-1-4-12(15)13-5-3-7-17-18(13)14-8-10-20-11-9-16(14)21-17/h2*1-7,14,16,20-21H,8-11H2/t2*14-,16-/m10/s1. The van der Waals surface area contributed by atoms with Crippen LogP contribution in [0.15, 0.2) is 84.9 Å². The van der Waals surface area contributed by atoms with Gasteiger partial charge in [-0.15, -0.1) is 0 Å². The molecule has 4 atom stereocenters. The van der Waals surface area contributed by atoms with E-state index in [1.807, 2.05) is 36.4 Å². The van der Waals surface area contributed by atoms with Crippen molar-refractivity contribution in [2.24, 2.45) is 0 Å². The molecule has 4 heterocycles. The molecule has 216 valence electrons. The number of anilines is 2. The summed E-state index contributed by atoms with van der Waals surface area (Å²) in [5.41, 5.74) is 8.51. The van der Waals surface area contributed by atoms with E-state index in [1.165, 1.54) is 22.5 Å². The molecule has 4 N–H and O–H groups in total. The molecule has 2 fully saturated rings. The van der Waals surface area contributed by atoms with E-state index >= 15 is 0 Å². The molecule has 0 spiro atoms. The normalized spacial score (nSPS) is 23.9. The highest BCUT2D eigenvalue weighted by atomic mass is 19.1. The minimum atomic E-state index is -0.138. The number of fused-ring (bicyclic) bond motifs is 6. The molecule has 0 aromatic heterocycles. The number of benzene rings is 4. The molecule has 2 saturated heterocycles. The van der Waals surface area contributed by atoms with Gasteiger partial charge in [-0.1, -0.05) is 60.7 Å². The lowest BCUT2D eigenvalue weighted by atomic mass is 9.86. The fraction of sp³-hybridized carbons (Fsp3) is 0.333. The Labute approximate surface area is 246 Å². The predicted octanol–water partition coefficient (Wildman–Crippen LogP) is 7.51. The average molecular weight is 565 g/mol. The first-order valence-corrected chi connectivity index (χ1v) is 15.4. The van der Waals surface area contributed by atoms with Crippen LogP contribution in [0.1, 0.15) is 48.6 Å². The zero-order valence-corrected chi connectivity index (χ0v) is 23.8. The minimum absolute atomic E-state index is 0.138. The van der Waals surface area contributed by atoms with E-state index in [9.17, 15) is 8.78 Å². The topological polar surface area (TPSA) is 48.1 Å². The van der Waals surface area contributed by atoms with Crippen LogP contribution in [0.5, 0.6) is 0 Å². The number of halogens is 2. The largest absolute Gasteiger partial charge is 0.381 e. The van der Waals surface area contributed by atoms with Crippen LogP contribution in [0.3, 0.4) is 0 Å². The summed E-state index contributed by atoms with van der Waals surface area (Å²) in [5.74, 6) is 0.679. The first kappa shape index (κ1) is 27.1. The van der Waals surface area contributed by atoms with Crippen LogP contribution in [0.25, 0.3) is 22.3 Å². The molecule has 0 saturated carbocycles. The van der Waals surface area contributed by atoms with Gasteiger partial charge < -0.3 is 21.3 Å². The molecule has 4 aromatic rings. The molecular formula is C36H38F2N4. The zero-order valence-electron chi connectivity index (χ0n) is 23.8. The molecule has 0 bridgehead atoms. The Morgan fingerprint density at radius 2 is 0.857 bits per heavy atom. The third-order valence-electron chi connectivity index (χ3n) is 9.46. The summed E-state index contributed by atoms with van der Waals surface area (Å²) in [6.07, 6.45) is 4.46. The van der Waals surface area contributed by atoms with Crippen LogP contribution in [0.2, 0.25) is 0 Å². The maximum absolute atomic E-state index is 14.2. The highest BCUT2D eigenvalue weighted by Crippen LogP contribution is 2.47. The van der Waals surface area contributed by atoms with Crippen molar-refractivity contribution in [1.29, 1.82) is 0 Å². The van der Waals surface area contributed by atoms with Crippen LogP contribution in [0.4, 0.5) is 20.2 Å². The molecule has 0 aliphatic carbocycles. The molecule has 4 aliphatic heterocycles. The monoisotopic (exact) mass is 564 g/mol. The van der Waals surface area contributed by atoms with Crippen LogP contribution in [-0.2, 0) is 0 Å². The Balaban J connectivity index is 0.000000137. The van der Waals surface area contributed by atoms with Crippen molar-refractivity contribution in [3.63, 3.8) is 0 Å². The summed E-state index contributed by atoms with van der Waals surface area (Å²) in [5, 5.41) is 14.2. The van der Waals surface area contributed by atoms with Gasteiger partial charge in [-0.3, -0.25) is 0 Å². The van der Waals surface area contributed by atoms with Crippen molar-refractivity contribution in [2.75, 3.05) is 36.8 Å². The third-order valence-corrected chi connectivity index (χ3v) is 9.46. The van der Waals surface area contributed by atoms with E-state index in [-0.39, 0.29) is 11.6 Å². The second-order valence-corrected chi connectivity index (χ2v) is 11.9. The van der Waals surface area contributed by atoms with Gasteiger partial charge in [0.2, 0.25) is 0 Å². The highest BCUT2D eigenvalue weighted by molar-refractivity contribution is 5.79. The second kappa shape index (κ2) is 11.9. The molecule has 8 rings (SSSR count). The molecule has 0 amide bonds. The Morgan fingerprint density at radius 3 is 1.31 bits per heavy atom. The summed E-state index contributed by atoms with van der Waals surface area (Å²) < 4.78 is 28.4. The number of nitrogens with one attached hydrogen (secondary N) is 4. The van der Waals surface area contributed by atoms with Gasteiger partial charge in [0.25, 0.3) is 0 Å². The van der Waals surface area contributed by atoms with E-state index in [4.69, 9.17) is 0 Å². The van der Waals surface area contributed by atoms with E-state index in [0.29, 0.717) is 35.0 Å². The summed E-state index contributed by atoms with van der Waals surface area (Å²) >= 11 is 0. The Kier molecular flexibility index (Phi) is 7.66. The maximum Gasteiger partial charge on any atom is 0.131 e. The molecule has 0 radical (unpaired) electrons. The predicted molar refractivity (Wildman–Crippen MR) is 168 cm³/mol. The Morgan fingerprint density at radius 1 is 0.452 bits per heavy atom. The fourth-order valence-electron chi connectivity index (χ4n) is 7.53. The Hall–Kier alpha value is -3.74. The lowest BCUT2D eigenvalue weighted by Gasteiger charge is -2.18. The lowest BCUT2D eigenvalue weighted by molar-refractivity contribution is 0.578. The minimum Gasteiger partial charge on any atom is -0.381 e. The average Bonchev–Trinajstić information content (AvgIpc) is 3.33.